The van der Waals surface area contributed by atoms with E-state index in [1.165, 1.54) is 36.4 Å². The average Bonchev–Trinajstić information content (AvgIpc) is 2.90. The highest BCUT2D eigenvalue weighted by Crippen LogP contribution is 2.35. The van der Waals surface area contributed by atoms with Gasteiger partial charge in [0.2, 0.25) is 0 Å². The number of aliphatic hydroxyl groups is 1. The minimum atomic E-state index is -5.93. The van der Waals surface area contributed by atoms with Gasteiger partial charge in [0.25, 0.3) is 5.60 Å². The fourth-order valence-corrected chi connectivity index (χ4v) is 5.72. The second-order valence-corrected chi connectivity index (χ2v) is 12.2. The lowest BCUT2D eigenvalue weighted by molar-refractivity contribution is -0.252. The number of halogens is 6. The number of carbonyl (C=O) groups is 1. The lowest BCUT2D eigenvalue weighted by Gasteiger charge is -2.23. The van der Waals surface area contributed by atoms with E-state index in [2.05, 4.69) is 0 Å². The third-order valence-electron chi connectivity index (χ3n) is 5.61. The van der Waals surface area contributed by atoms with Crippen molar-refractivity contribution in [2.75, 3.05) is 6.61 Å². The molecule has 222 valence electrons. The van der Waals surface area contributed by atoms with E-state index in [1.54, 1.807) is 30.3 Å². The first-order valence-electron chi connectivity index (χ1n) is 11.6. The van der Waals surface area contributed by atoms with Gasteiger partial charge in [0.05, 0.1) is 17.5 Å². The second kappa shape index (κ2) is 12.3. The third-order valence-corrected chi connectivity index (χ3v) is 8.78. The molecule has 3 aromatic carbocycles. The SMILES string of the molecule is CC(O)(C(=O)Oc1ccc([S+](c2ccccc2)c2ccc(OCCC(F)C(F)(F)S(=O)(=O)O)cc2)cc1)C(F)(F)F. The Kier molecular flexibility index (Phi) is 9.68. The lowest BCUT2D eigenvalue weighted by Crippen LogP contribution is -2.51. The van der Waals surface area contributed by atoms with Crippen molar-refractivity contribution in [2.24, 2.45) is 0 Å². The zero-order chi connectivity index (χ0) is 30.6. The van der Waals surface area contributed by atoms with E-state index in [-0.39, 0.29) is 18.4 Å². The minimum Gasteiger partial charge on any atom is -0.493 e. The predicted octanol–water partition coefficient (Wildman–Crippen LogP) is 5.59. The van der Waals surface area contributed by atoms with E-state index in [4.69, 9.17) is 14.0 Å². The van der Waals surface area contributed by atoms with Crippen LogP contribution in [0.2, 0.25) is 0 Å². The van der Waals surface area contributed by atoms with Crippen LogP contribution in [0, 0.1) is 0 Å². The highest BCUT2D eigenvalue weighted by Gasteiger charge is 2.57. The molecule has 2 N–H and O–H groups in total. The van der Waals surface area contributed by atoms with Crippen LogP contribution in [0.1, 0.15) is 13.3 Å². The average molecular weight is 626 g/mol. The molecule has 0 radical (unpaired) electrons. The Balaban J connectivity index is 1.77. The normalized spacial score (nSPS) is 15.4. The molecule has 0 aliphatic heterocycles. The maximum absolute atomic E-state index is 13.7. The third kappa shape index (κ3) is 7.52. The molecule has 0 aliphatic carbocycles. The summed E-state index contributed by atoms with van der Waals surface area (Å²) in [7, 11) is -6.72. The summed E-state index contributed by atoms with van der Waals surface area (Å²) in [5.74, 6) is -1.96. The van der Waals surface area contributed by atoms with E-state index in [1.807, 2.05) is 12.1 Å². The van der Waals surface area contributed by atoms with Crippen molar-refractivity contribution in [3.63, 3.8) is 0 Å². The molecule has 3 aromatic rings. The summed E-state index contributed by atoms with van der Waals surface area (Å²) in [6.45, 7) is -0.327. The smallest absolute Gasteiger partial charge is 0.427 e. The van der Waals surface area contributed by atoms with Crippen molar-refractivity contribution < 1.29 is 58.7 Å². The van der Waals surface area contributed by atoms with Crippen molar-refractivity contribution in [2.45, 2.75) is 51.2 Å². The lowest BCUT2D eigenvalue weighted by atomic mass is 10.1. The minimum absolute atomic E-state index is 0.159. The van der Waals surface area contributed by atoms with Gasteiger partial charge < -0.3 is 14.6 Å². The fourth-order valence-electron chi connectivity index (χ4n) is 3.21. The Hall–Kier alpha value is -3.27. The van der Waals surface area contributed by atoms with Gasteiger partial charge in [-0.1, -0.05) is 18.2 Å². The molecule has 0 saturated carbocycles. The largest absolute Gasteiger partial charge is 0.493 e. The van der Waals surface area contributed by atoms with E-state index >= 15 is 0 Å². The Morgan fingerprint density at radius 1 is 0.854 bits per heavy atom. The number of rotatable bonds is 11. The first-order chi connectivity index (χ1) is 18.9. The maximum Gasteiger partial charge on any atom is 0.427 e. The molecule has 0 amide bonds. The summed E-state index contributed by atoms with van der Waals surface area (Å²) < 4.78 is 119. The van der Waals surface area contributed by atoms with Crippen molar-refractivity contribution in [1.82, 2.24) is 0 Å². The van der Waals surface area contributed by atoms with Gasteiger partial charge in [-0.3, -0.25) is 4.55 Å². The second-order valence-electron chi connectivity index (χ2n) is 8.66. The Labute approximate surface area is 233 Å². The van der Waals surface area contributed by atoms with Crippen LogP contribution < -0.4 is 9.47 Å². The molecular formula is C26H23F6O7S2+. The number of benzene rings is 3. The van der Waals surface area contributed by atoms with Gasteiger partial charge in [-0.2, -0.15) is 30.4 Å². The molecule has 0 heterocycles. The molecule has 3 atom stereocenters. The quantitative estimate of drug-likeness (QED) is 0.0941. The summed E-state index contributed by atoms with van der Waals surface area (Å²) in [5.41, 5.74) is -3.70. The zero-order valence-electron chi connectivity index (χ0n) is 21.0. The molecule has 41 heavy (non-hydrogen) atoms. The molecule has 3 unspecified atom stereocenters. The van der Waals surface area contributed by atoms with Crippen molar-refractivity contribution in [3.05, 3.63) is 78.9 Å². The Morgan fingerprint density at radius 2 is 1.32 bits per heavy atom. The van der Waals surface area contributed by atoms with E-state index in [0.29, 0.717) is 4.90 Å². The van der Waals surface area contributed by atoms with Gasteiger partial charge >= 0.3 is 27.5 Å². The van der Waals surface area contributed by atoms with Crippen LogP contribution >= 0.6 is 0 Å². The number of ether oxygens (including phenoxy) is 2. The summed E-state index contributed by atoms with van der Waals surface area (Å²) in [5, 5.41) is 4.52. The van der Waals surface area contributed by atoms with E-state index < -0.39 is 63.2 Å². The van der Waals surface area contributed by atoms with Crippen LogP contribution in [0.25, 0.3) is 0 Å². The topological polar surface area (TPSA) is 110 Å². The first-order valence-corrected chi connectivity index (χ1v) is 14.2. The maximum atomic E-state index is 13.7. The predicted molar refractivity (Wildman–Crippen MR) is 135 cm³/mol. The molecule has 7 nitrogen and oxygen atoms in total. The molecule has 0 saturated heterocycles. The van der Waals surface area contributed by atoms with Crippen LogP contribution in [0.3, 0.4) is 0 Å². The van der Waals surface area contributed by atoms with Crippen LogP contribution in [0.15, 0.2) is 93.5 Å². The molecule has 15 heteroatoms. The van der Waals surface area contributed by atoms with Crippen LogP contribution in [-0.2, 0) is 25.8 Å². The van der Waals surface area contributed by atoms with Crippen LogP contribution in [0.5, 0.6) is 11.5 Å². The monoisotopic (exact) mass is 625 g/mol. The molecule has 0 aliphatic rings. The van der Waals surface area contributed by atoms with Crippen molar-refractivity contribution in [1.29, 1.82) is 0 Å². The van der Waals surface area contributed by atoms with Gasteiger partial charge in [-0.15, -0.1) is 0 Å². The number of hydrogen-bond donors (Lipinski definition) is 2. The van der Waals surface area contributed by atoms with E-state index in [0.717, 1.165) is 9.79 Å². The molecular weight excluding hydrogens is 602 g/mol. The van der Waals surface area contributed by atoms with Crippen molar-refractivity contribution >= 4 is 27.0 Å². The Bertz CT molecular complexity index is 1430. The van der Waals surface area contributed by atoms with Gasteiger partial charge in [0.1, 0.15) is 11.5 Å². The van der Waals surface area contributed by atoms with Crippen molar-refractivity contribution in [3.8, 4) is 11.5 Å². The first kappa shape index (κ1) is 32.2. The molecule has 3 rings (SSSR count). The highest BCUT2D eigenvalue weighted by atomic mass is 32.2. The summed E-state index contributed by atoms with van der Waals surface area (Å²) in [4.78, 5) is 14.1. The summed E-state index contributed by atoms with van der Waals surface area (Å²) in [6, 6.07) is 20.9. The number of esters is 1. The summed E-state index contributed by atoms with van der Waals surface area (Å²) >= 11 is 0. The number of carbonyl (C=O) groups excluding carboxylic acids is 1. The molecule has 0 fully saturated rings. The van der Waals surface area contributed by atoms with Gasteiger partial charge in [0.15, 0.2) is 20.9 Å². The fraction of sp³-hybridized carbons (Fsp3) is 0.269. The Morgan fingerprint density at radius 3 is 1.78 bits per heavy atom. The van der Waals surface area contributed by atoms with E-state index in [9.17, 15) is 44.7 Å². The molecule has 0 bridgehead atoms. The number of hydrogen-bond acceptors (Lipinski definition) is 6. The summed E-state index contributed by atoms with van der Waals surface area (Å²) in [6.07, 6.45) is -9.45. The van der Waals surface area contributed by atoms with Crippen LogP contribution in [0.4, 0.5) is 26.3 Å². The molecule has 0 aromatic heterocycles. The standard InChI is InChI=1S/C26H22F6O7S2/c1-24(34,26(30,31)32)23(33)39-18-9-13-21(14-10-18)40(19-5-3-2-4-6-19)20-11-7-17(8-12-20)38-16-15-22(27)25(28,29)41(35,36)37/h2-14,22,34H,15-16H2,1H3/p+1. The molecule has 0 spiro atoms. The highest BCUT2D eigenvalue weighted by molar-refractivity contribution is 7.97. The van der Waals surface area contributed by atoms with Gasteiger partial charge in [-0.25, -0.2) is 9.18 Å². The zero-order valence-corrected chi connectivity index (χ0v) is 22.7. The number of alkyl halides is 6. The van der Waals surface area contributed by atoms with Crippen LogP contribution in [-0.4, -0.2) is 53.9 Å². The van der Waals surface area contributed by atoms with Gasteiger partial charge in [-0.05, 0) is 67.6 Å². The van der Waals surface area contributed by atoms with Gasteiger partial charge in [0, 0.05) is 6.42 Å².